The molecule has 3 aromatic carbocycles. The molecule has 0 bridgehead atoms. The molecule has 0 fully saturated rings. The van der Waals surface area contributed by atoms with E-state index in [9.17, 15) is 18.8 Å². The van der Waals surface area contributed by atoms with Crippen LogP contribution in [0, 0.1) is 12.7 Å². The number of aryl methyl sites for hydroxylation is 1. The number of nitrogens with zero attached hydrogens (tertiary/aromatic N) is 5. The van der Waals surface area contributed by atoms with Crippen molar-refractivity contribution in [3.05, 3.63) is 99.7 Å². The van der Waals surface area contributed by atoms with Crippen LogP contribution in [0.2, 0.25) is 0 Å². The fourth-order valence-corrected chi connectivity index (χ4v) is 3.88. The Labute approximate surface area is 217 Å². The lowest BCUT2D eigenvalue weighted by Gasteiger charge is -2.27. The van der Waals surface area contributed by atoms with E-state index in [4.69, 9.17) is 9.47 Å². The third-order valence-electron chi connectivity index (χ3n) is 5.78. The van der Waals surface area contributed by atoms with Gasteiger partial charge in [0, 0.05) is 11.7 Å². The number of aromatic nitrogens is 4. The van der Waals surface area contributed by atoms with Crippen LogP contribution in [0.4, 0.5) is 14.9 Å². The molecule has 38 heavy (non-hydrogen) atoms. The molecule has 4 aromatic rings. The summed E-state index contributed by atoms with van der Waals surface area (Å²) in [5.74, 6) is -1.30. The fraction of sp³-hybridized carbons (Fsp3) is 0.222. The standard InChI is InChI=1S/C27H26FN5O5/c1-17(2)31(22-15-20(14-13-18(22)3)25(34)38-16-19-9-6-5-7-10-19)26(35)33-27(36)32(29-30-33)24-21(28)11-8-12-23(24)37-4/h5-15,17H,16H2,1-4H3. The molecular formula is C27H26FN5O5. The number of carbonyl (C=O) groups excluding carboxylic acids is 2. The molecule has 1 heterocycles. The van der Waals surface area contributed by atoms with Crippen molar-refractivity contribution in [2.24, 2.45) is 0 Å². The Hall–Kier alpha value is -4.80. The van der Waals surface area contributed by atoms with Crippen LogP contribution in [-0.4, -0.2) is 44.9 Å². The third kappa shape index (κ3) is 5.17. The van der Waals surface area contributed by atoms with Gasteiger partial charge >= 0.3 is 17.7 Å². The summed E-state index contributed by atoms with van der Waals surface area (Å²) in [5.41, 5.74) is 0.856. The smallest absolute Gasteiger partial charge is 0.377 e. The topological polar surface area (TPSA) is 109 Å². The van der Waals surface area contributed by atoms with Crippen LogP contribution in [0.25, 0.3) is 5.69 Å². The summed E-state index contributed by atoms with van der Waals surface area (Å²) in [6, 6.07) is 16.8. The van der Waals surface area contributed by atoms with Gasteiger partial charge in [0.15, 0.2) is 5.82 Å². The number of para-hydroxylation sites is 1. The number of carbonyl (C=O) groups is 2. The quantitative estimate of drug-likeness (QED) is 0.267. The molecule has 0 spiro atoms. The minimum Gasteiger partial charge on any atom is -0.494 e. The van der Waals surface area contributed by atoms with Crippen LogP contribution in [0.5, 0.6) is 5.75 Å². The number of rotatable bonds is 7. The highest BCUT2D eigenvalue weighted by Crippen LogP contribution is 2.26. The third-order valence-corrected chi connectivity index (χ3v) is 5.78. The van der Waals surface area contributed by atoms with Gasteiger partial charge in [-0.25, -0.2) is 18.8 Å². The molecule has 0 saturated carbocycles. The molecule has 0 saturated heterocycles. The zero-order valence-corrected chi connectivity index (χ0v) is 21.3. The van der Waals surface area contributed by atoms with E-state index in [-0.39, 0.29) is 23.6 Å². The lowest BCUT2D eigenvalue weighted by Crippen LogP contribution is -2.45. The summed E-state index contributed by atoms with van der Waals surface area (Å²) in [7, 11) is 1.32. The Bertz CT molecular complexity index is 1530. The first-order valence-corrected chi connectivity index (χ1v) is 11.8. The Balaban J connectivity index is 1.67. The maximum Gasteiger partial charge on any atom is 0.377 e. The summed E-state index contributed by atoms with van der Waals surface area (Å²) < 4.78 is 26.3. The summed E-state index contributed by atoms with van der Waals surface area (Å²) >= 11 is 0. The molecule has 4 rings (SSSR count). The Kier molecular flexibility index (Phi) is 7.66. The number of tetrazole rings is 1. The second-order valence-electron chi connectivity index (χ2n) is 8.69. The van der Waals surface area contributed by atoms with Crippen molar-refractivity contribution in [3.8, 4) is 11.4 Å². The molecule has 0 aliphatic rings. The summed E-state index contributed by atoms with van der Waals surface area (Å²) in [6.45, 7) is 5.34. The molecule has 1 amide bonds. The Morgan fingerprint density at radius 2 is 1.76 bits per heavy atom. The highest BCUT2D eigenvalue weighted by Gasteiger charge is 2.28. The second-order valence-corrected chi connectivity index (χ2v) is 8.69. The minimum atomic E-state index is -0.986. The highest BCUT2D eigenvalue weighted by molar-refractivity contribution is 5.97. The second kappa shape index (κ2) is 11.1. The van der Waals surface area contributed by atoms with Gasteiger partial charge in [0.2, 0.25) is 0 Å². The number of ether oxygens (including phenoxy) is 2. The van der Waals surface area contributed by atoms with Crippen molar-refractivity contribution < 1.29 is 23.5 Å². The van der Waals surface area contributed by atoms with Gasteiger partial charge in [0.05, 0.1) is 12.7 Å². The Morgan fingerprint density at radius 3 is 2.45 bits per heavy atom. The number of esters is 1. The molecule has 0 aliphatic carbocycles. The van der Waals surface area contributed by atoms with Crippen LogP contribution in [0.1, 0.15) is 35.3 Å². The van der Waals surface area contributed by atoms with Gasteiger partial charge in [-0.05, 0) is 66.6 Å². The summed E-state index contributed by atoms with van der Waals surface area (Å²) in [5, 5.41) is 7.41. The highest BCUT2D eigenvalue weighted by atomic mass is 19.1. The van der Waals surface area contributed by atoms with E-state index in [1.54, 1.807) is 32.9 Å². The number of methoxy groups -OCH3 is 1. The van der Waals surface area contributed by atoms with E-state index in [1.165, 1.54) is 30.2 Å². The molecule has 0 atom stereocenters. The van der Waals surface area contributed by atoms with E-state index in [0.717, 1.165) is 11.6 Å². The van der Waals surface area contributed by atoms with E-state index >= 15 is 0 Å². The number of halogens is 1. The predicted octanol–water partition coefficient (Wildman–Crippen LogP) is 4.13. The molecule has 0 radical (unpaired) electrons. The molecule has 11 heteroatoms. The average Bonchev–Trinajstić information content (AvgIpc) is 3.29. The van der Waals surface area contributed by atoms with Crippen LogP contribution in [0.15, 0.2) is 71.5 Å². The zero-order chi connectivity index (χ0) is 27.4. The van der Waals surface area contributed by atoms with Crippen molar-refractivity contribution in [2.75, 3.05) is 12.0 Å². The van der Waals surface area contributed by atoms with Gasteiger partial charge in [0.1, 0.15) is 18.0 Å². The van der Waals surface area contributed by atoms with E-state index in [0.29, 0.717) is 20.6 Å². The molecule has 0 unspecified atom stereocenters. The average molecular weight is 520 g/mol. The molecule has 196 valence electrons. The van der Waals surface area contributed by atoms with Crippen LogP contribution in [0.3, 0.4) is 0 Å². The first kappa shape index (κ1) is 26.3. The summed E-state index contributed by atoms with van der Waals surface area (Å²) in [4.78, 5) is 40.8. The first-order chi connectivity index (χ1) is 18.2. The molecule has 1 aromatic heterocycles. The predicted molar refractivity (Wildman–Crippen MR) is 137 cm³/mol. The van der Waals surface area contributed by atoms with Gasteiger partial charge < -0.3 is 9.47 Å². The van der Waals surface area contributed by atoms with E-state index < -0.39 is 29.5 Å². The summed E-state index contributed by atoms with van der Waals surface area (Å²) in [6.07, 6.45) is 0. The van der Waals surface area contributed by atoms with Gasteiger partial charge in [0.25, 0.3) is 0 Å². The first-order valence-electron chi connectivity index (χ1n) is 11.8. The number of amides is 1. The molecule has 0 aliphatic heterocycles. The number of benzene rings is 3. The lowest BCUT2D eigenvalue weighted by molar-refractivity contribution is 0.0472. The molecule has 0 N–H and O–H groups in total. The van der Waals surface area contributed by atoms with Crippen LogP contribution >= 0.6 is 0 Å². The number of anilines is 1. The monoisotopic (exact) mass is 519 g/mol. The zero-order valence-electron chi connectivity index (χ0n) is 21.3. The van der Waals surface area contributed by atoms with Crippen molar-refractivity contribution in [1.82, 2.24) is 19.8 Å². The van der Waals surface area contributed by atoms with Gasteiger partial charge in [-0.1, -0.05) is 42.5 Å². The maximum absolute atomic E-state index is 14.6. The molecular weight excluding hydrogens is 493 g/mol. The van der Waals surface area contributed by atoms with Gasteiger partial charge in [-0.15, -0.1) is 4.68 Å². The Morgan fingerprint density at radius 1 is 1.03 bits per heavy atom. The van der Waals surface area contributed by atoms with Crippen LogP contribution < -0.4 is 15.3 Å². The fourth-order valence-electron chi connectivity index (χ4n) is 3.88. The molecule has 10 nitrogen and oxygen atoms in total. The van der Waals surface area contributed by atoms with Crippen molar-refractivity contribution in [1.29, 1.82) is 0 Å². The van der Waals surface area contributed by atoms with E-state index in [2.05, 4.69) is 10.4 Å². The maximum atomic E-state index is 14.6. The van der Waals surface area contributed by atoms with Gasteiger partial charge in [-0.3, -0.25) is 4.90 Å². The SMILES string of the molecule is COc1cccc(F)c1-n1nnn(C(=O)N(c2cc(C(=O)OCc3ccccc3)ccc2C)C(C)C)c1=O. The van der Waals surface area contributed by atoms with E-state index in [1.807, 2.05) is 30.3 Å². The number of hydrogen-bond donors (Lipinski definition) is 0. The lowest BCUT2D eigenvalue weighted by atomic mass is 10.1. The minimum absolute atomic E-state index is 0.0462. The van der Waals surface area contributed by atoms with Gasteiger partial charge in [-0.2, -0.15) is 4.68 Å². The normalized spacial score (nSPS) is 10.9. The van der Waals surface area contributed by atoms with Crippen LogP contribution in [-0.2, 0) is 11.3 Å². The van der Waals surface area contributed by atoms with Crippen molar-refractivity contribution >= 4 is 17.7 Å². The van der Waals surface area contributed by atoms with Crippen molar-refractivity contribution in [2.45, 2.75) is 33.4 Å². The largest absolute Gasteiger partial charge is 0.494 e. The number of hydrogen-bond acceptors (Lipinski definition) is 7. The van der Waals surface area contributed by atoms with Crippen molar-refractivity contribution in [3.63, 3.8) is 0 Å².